The molecule has 0 bridgehead atoms. The largest absolute Gasteiger partial charge is 0.465 e. The number of amides is 2. The Hall–Kier alpha value is -2.61. The second-order valence-electron chi connectivity index (χ2n) is 5.08. The summed E-state index contributed by atoms with van der Waals surface area (Å²) in [6.45, 7) is 0.562. The number of hydrogen-bond donors (Lipinski definition) is 1. The summed E-state index contributed by atoms with van der Waals surface area (Å²) < 4.78 is 20.1. The Kier molecular flexibility index (Phi) is 6.76. The van der Waals surface area contributed by atoms with Gasteiger partial charge in [-0.3, -0.25) is 0 Å². The molecular weight excluding hydrogens is 352 g/mol. The van der Waals surface area contributed by atoms with Crippen molar-refractivity contribution in [2.45, 2.75) is 12.2 Å². The van der Waals surface area contributed by atoms with Crippen molar-refractivity contribution in [1.82, 2.24) is 10.2 Å². The molecule has 2 atom stereocenters. The molecule has 0 aliphatic carbocycles. The van der Waals surface area contributed by atoms with Gasteiger partial charge in [-0.05, 0) is 24.3 Å². The SMILES string of the molecule is CN1C[C@H](c2ccco2)OC1=O.CNC(=O)O[C@H](CCl)c1ccco1. The van der Waals surface area contributed by atoms with Gasteiger partial charge in [0, 0.05) is 14.1 Å². The molecule has 9 heteroatoms. The number of carbonyl (C=O) groups is 2. The van der Waals surface area contributed by atoms with Crippen molar-refractivity contribution in [3.63, 3.8) is 0 Å². The van der Waals surface area contributed by atoms with Gasteiger partial charge in [-0.25, -0.2) is 9.59 Å². The molecule has 136 valence electrons. The topological polar surface area (TPSA) is 94.2 Å². The fourth-order valence-electron chi connectivity index (χ4n) is 2.02. The Morgan fingerprint density at radius 3 is 2.60 bits per heavy atom. The van der Waals surface area contributed by atoms with E-state index in [4.69, 9.17) is 29.9 Å². The van der Waals surface area contributed by atoms with Gasteiger partial charge in [0.25, 0.3) is 0 Å². The van der Waals surface area contributed by atoms with Crippen LogP contribution in [0.4, 0.5) is 9.59 Å². The summed E-state index contributed by atoms with van der Waals surface area (Å²) in [5, 5.41) is 2.33. The van der Waals surface area contributed by atoms with E-state index in [1.807, 2.05) is 0 Å². The lowest BCUT2D eigenvalue weighted by molar-refractivity contribution is 0.0984. The number of cyclic esters (lactones) is 1. The predicted molar refractivity (Wildman–Crippen MR) is 88.3 cm³/mol. The molecule has 1 aliphatic rings. The maximum absolute atomic E-state index is 10.9. The van der Waals surface area contributed by atoms with Crippen molar-refractivity contribution in [3.05, 3.63) is 48.3 Å². The summed E-state index contributed by atoms with van der Waals surface area (Å²) >= 11 is 5.60. The number of ether oxygens (including phenoxy) is 2. The minimum Gasteiger partial charge on any atom is -0.465 e. The third-order valence-corrected chi connectivity index (χ3v) is 3.59. The van der Waals surface area contributed by atoms with Crippen molar-refractivity contribution in [2.24, 2.45) is 0 Å². The van der Waals surface area contributed by atoms with Crippen LogP contribution in [0.5, 0.6) is 0 Å². The van der Waals surface area contributed by atoms with Gasteiger partial charge in [0.05, 0.1) is 25.0 Å². The average Bonchev–Trinajstić information content (AvgIpc) is 3.36. The molecule has 1 N–H and O–H groups in total. The first-order valence-corrected chi connectivity index (χ1v) is 8.01. The molecule has 0 spiro atoms. The molecule has 8 nitrogen and oxygen atoms in total. The molecule has 0 radical (unpaired) electrons. The zero-order valence-corrected chi connectivity index (χ0v) is 14.6. The van der Waals surface area contributed by atoms with E-state index in [1.54, 1.807) is 37.6 Å². The van der Waals surface area contributed by atoms with Crippen LogP contribution in [0.1, 0.15) is 23.7 Å². The Morgan fingerprint density at radius 1 is 1.40 bits per heavy atom. The monoisotopic (exact) mass is 370 g/mol. The zero-order valence-electron chi connectivity index (χ0n) is 13.8. The first kappa shape index (κ1) is 18.7. The van der Waals surface area contributed by atoms with Crippen LogP contribution in [0.15, 0.2) is 45.6 Å². The van der Waals surface area contributed by atoms with E-state index in [-0.39, 0.29) is 18.1 Å². The van der Waals surface area contributed by atoms with Gasteiger partial charge in [-0.2, -0.15) is 0 Å². The van der Waals surface area contributed by atoms with E-state index in [9.17, 15) is 9.59 Å². The van der Waals surface area contributed by atoms with Crippen LogP contribution in [-0.2, 0) is 9.47 Å². The van der Waals surface area contributed by atoms with Crippen molar-refractivity contribution in [3.8, 4) is 0 Å². The van der Waals surface area contributed by atoms with E-state index in [2.05, 4.69) is 5.32 Å². The molecular formula is C16H19ClN2O6. The number of hydrogen-bond acceptors (Lipinski definition) is 6. The first-order chi connectivity index (χ1) is 12.0. The van der Waals surface area contributed by atoms with E-state index in [0.717, 1.165) is 0 Å². The van der Waals surface area contributed by atoms with Crippen LogP contribution < -0.4 is 5.32 Å². The number of likely N-dealkylation sites (N-methyl/N-ethyl adjacent to an activating group) is 1. The number of furan rings is 2. The molecule has 0 saturated carbocycles. The first-order valence-electron chi connectivity index (χ1n) is 7.48. The molecule has 1 saturated heterocycles. The van der Waals surface area contributed by atoms with Gasteiger partial charge in [0.2, 0.25) is 0 Å². The maximum Gasteiger partial charge on any atom is 0.410 e. The van der Waals surface area contributed by atoms with Crippen molar-refractivity contribution >= 4 is 23.8 Å². The molecule has 2 aromatic heterocycles. The summed E-state index contributed by atoms with van der Waals surface area (Å²) in [6.07, 6.45) is 1.48. The number of carbonyl (C=O) groups excluding carboxylic acids is 2. The number of alkyl carbamates (subject to hydrolysis) is 1. The minimum atomic E-state index is -0.531. The van der Waals surface area contributed by atoms with Crippen molar-refractivity contribution < 1.29 is 27.9 Å². The van der Waals surface area contributed by atoms with Crippen LogP contribution in [0.3, 0.4) is 0 Å². The van der Waals surface area contributed by atoms with E-state index < -0.39 is 12.2 Å². The van der Waals surface area contributed by atoms with Gasteiger partial charge in [-0.1, -0.05) is 0 Å². The molecule has 1 aliphatic heterocycles. The second kappa shape index (κ2) is 9.03. The quantitative estimate of drug-likeness (QED) is 0.829. The zero-order chi connectivity index (χ0) is 18.2. The van der Waals surface area contributed by atoms with Crippen LogP contribution in [0.25, 0.3) is 0 Å². The molecule has 3 heterocycles. The highest BCUT2D eigenvalue weighted by atomic mass is 35.5. The number of halogens is 1. The highest BCUT2D eigenvalue weighted by Crippen LogP contribution is 2.24. The van der Waals surface area contributed by atoms with E-state index in [0.29, 0.717) is 18.1 Å². The van der Waals surface area contributed by atoms with Crippen LogP contribution in [0.2, 0.25) is 0 Å². The Morgan fingerprint density at radius 2 is 2.12 bits per heavy atom. The fraction of sp³-hybridized carbons (Fsp3) is 0.375. The normalized spacial score (nSPS) is 17.3. The standard InChI is InChI=1S/C8H10ClNO3.C8H9NO3/c1-10-8(11)13-7(5-9)6-3-2-4-12-6;1-9-5-7(12-8(9)10)6-3-2-4-11-6/h2-4,7H,5H2,1H3,(H,10,11);2-4,7H,5H2,1H3/t2*7-/m11/s1. The Balaban J connectivity index is 0.000000181. The number of alkyl halides is 1. The van der Waals surface area contributed by atoms with Gasteiger partial charge in [-0.15, -0.1) is 11.6 Å². The number of nitrogens with zero attached hydrogens (tertiary/aromatic N) is 1. The van der Waals surface area contributed by atoms with Gasteiger partial charge >= 0.3 is 12.2 Å². The molecule has 0 aromatic carbocycles. The number of nitrogens with one attached hydrogen (secondary N) is 1. The third kappa shape index (κ3) is 5.18. The summed E-state index contributed by atoms with van der Waals surface area (Å²) in [6, 6.07) is 7.00. The van der Waals surface area contributed by atoms with Gasteiger partial charge in [0.1, 0.15) is 11.5 Å². The van der Waals surface area contributed by atoms with Crippen molar-refractivity contribution in [2.75, 3.05) is 26.5 Å². The lowest BCUT2D eigenvalue weighted by Gasteiger charge is -2.11. The molecule has 3 rings (SSSR count). The smallest absolute Gasteiger partial charge is 0.410 e. The van der Waals surface area contributed by atoms with Crippen LogP contribution in [-0.4, -0.2) is 43.6 Å². The fourth-order valence-corrected chi connectivity index (χ4v) is 2.24. The van der Waals surface area contributed by atoms with Crippen molar-refractivity contribution in [1.29, 1.82) is 0 Å². The highest BCUT2D eigenvalue weighted by molar-refractivity contribution is 6.18. The van der Waals surface area contributed by atoms with Crippen LogP contribution in [0, 0.1) is 0 Å². The Bertz CT molecular complexity index is 658. The highest BCUT2D eigenvalue weighted by Gasteiger charge is 2.31. The lowest BCUT2D eigenvalue weighted by Crippen LogP contribution is -2.22. The van der Waals surface area contributed by atoms with Gasteiger partial charge < -0.3 is 28.5 Å². The molecule has 2 aromatic rings. The predicted octanol–water partition coefficient (Wildman–Crippen LogP) is 3.32. The lowest BCUT2D eigenvalue weighted by atomic mass is 10.3. The van der Waals surface area contributed by atoms with E-state index >= 15 is 0 Å². The average molecular weight is 371 g/mol. The number of rotatable bonds is 4. The maximum atomic E-state index is 10.9. The molecule has 2 amide bonds. The van der Waals surface area contributed by atoms with E-state index in [1.165, 1.54) is 18.2 Å². The summed E-state index contributed by atoms with van der Waals surface area (Å²) in [4.78, 5) is 23.3. The summed E-state index contributed by atoms with van der Waals surface area (Å²) in [7, 11) is 3.18. The summed E-state index contributed by atoms with van der Waals surface area (Å²) in [5.74, 6) is 1.41. The molecule has 0 unspecified atom stereocenters. The molecule has 1 fully saturated rings. The minimum absolute atomic E-state index is 0.168. The third-order valence-electron chi connectivity index (χ3n) is 3.31. The molecule has 25 heavy (non-hydrogen) atoms. The Labute approximate surface area is 149 Å². The van der Waals surface area contributed by atoms with Crippen LogP contribution >= 0.6 is 11.6 Å². The second-order valence-corrected chi connectivity index (χ2v) is 5.39. The van der Waals surface area contributed by atoms with Gasteiger partial charge in [0.15, 0.2) is 12.2 Å². The summed E-state index contributed by atoms with van der Waals surface area (Å²) in [5.41, 5.74) is 0.